The van der Waals surface area contributed by atoms with Crippen LogP contribution in [-0.2, 0) is 19.3 Å². The molecule has 0 saturated carbocycles. The Hall–Kier alpha value is -1.04. The largest absolute Gasteiger partial charge is 0.103 e. The Labute approximate surface area is 99.4 Å². The van der Waals surface area contributed by atoms with Crippen LogP contribution in [0.2, 0.25) is 0 Å². The normalized spacial score (nSPS) is 19.2. The molecule has 0 heteroatoms. The molecule has 0 nitrogen and oxygen atoms in total. The van der Waals surface area contributed by atoms with E-state index in [2.05, 4.69) is 31.7 Å². The van der Waals surface area contributed by atoms with Gasteiger partial charge in [0.2, 0.25) is 0 Å². The molecule has 0 N–H and O–H groups in total. The predicted octanol–water partition coefficient (Wildman–Crippen LogP) is 4.32. The first-order chi connectivity index (χ1) is 7.83. The lowest BCUT2D eigenvalue weighted by Gasteiger charge is -2.24. The summed E-state index contributed by atoms with van der Waals surface area (Å²) >= 11 is 0. The molecular formula is C16H22. The molecule has 0 saturated heterocycles. The second-order valence-electron chi connectivity index (χ2n) is 4.99. The van der Waals surface area contributed by atoms with Gasteiger partial charge in [-0.3, -0.25) is 0 Å². The summed E-state index contributed by atoms with van der Waals surface area (Å²) in [7, 11) is 0. The van der Waals surface area contributed by atoms with Crippen molar-refractivity contribution >= 4 is 0 Å². The topological polar surface area (TPSA) is 0 Å². The van der Waals surface area contributed by atoms with Crippen LogP contribution >= 0.6 is 0 Å². The highest BCUT2D eigenvalue weighted by Crippen LogP contribution is 2.29. The van der Waals surface area contributed by atoms with Crippen molar-refractivity contribution in [3.63, 3.8) is 0 Å². The van der Waals surface area contributed by atoms with Gasteiger partial charge in [-0.25, -0.2) is 0 Å². The van der Waals surface area contributed by atoms with Gasteiger partial charge in [-0.1, -0.05) is 44.0 Å². The van der Waals surface area contributed by atoms with Crippen LogP contribution in [0.1, 0.15) is 42.9 Å². The van der Waals surface area contributed by atoms with Crippen LogP contribution in [0, 0.1) is 5.92 Å². The van der Waals surface area contributed by atoms with Crippen LogP contribution in [0.5, 0.6) is 0 Å². The maximum Gasteiger partial charge on any atom is -0.0100 e. The fourth-order valence-electron chi connectivity index (χ4n) is 2.83. The number of benzene rings is 1. The number of rotatable bonds is 4. The summed E-state index contributed by atoms with van der Waals surface area (Å²) in [6.45, 7) is 6.10. The van der Waals surface area contributed by atoms with E-state index in [1.54, 1.807) is 11.1 Å². The fraction of sp³-hybridized carbons (Fsp3) is 0.500. The third-order valence-electron chi connectivity index (χ3n) is 3.68. The first-order valence-electron chi connectivity index (χ1n) is 6.55. The van der Waals surface area contributed by atoms with Crippen LogP contribution in [0.4, 0.5) is 0 Å². The Bertz CT molecular complexity index is 362. The molecule has 0 spiro atoms. The summed E-state index contributed by atoms with van der Waals surface area (Å²) in [6, 6.07) is 7.00. The van der Waals surface area contributed by atoms with Crippen molar-refractivity contribution in [2.75, 3.05) is 0 Å². The molecule has 1 aliphatic carbocycles. The Kier molecular flexibility index (Phi) is 3.82. The molecule has 1 aliphatic rings. The van der Waals surface area contributed by atoms with Gasteiger partial charge in [0.05, 0.1) is 0 Å². The van der Waals surface area contributed by atoms with Gasteiger partial charge in [0.25, 0.3) is 0 Å². The maximum absolute atomic E-state index is 3.80. The lowest BCUT2D eigenvalue weighted by Crippen LogP contribution is -2.14. The minimum absolute atomic E-state index is 0.933. The highest BCUT2D eigenvalue weighted by Gasteiger charge is 2.17. The van der Waals surface area contributed by atoms with Gasteiger partial charge in [-0.2, -0.15) is 0 Å². The molecule has 0 aromatic heterocycles. The lowest BCUT2D eigenvalue weighted by atomic mass is 9.81. The monoisotopic (exact) mass is 214 g/mol. The van der Waals surface area contributed by atoms with Gasteiger partial charge in [0, 0.05) is 0 Å². The molecule has 0 radical (unpaired) electrons. The highest BCUT2D eigenvalue weighted by molar-refractivity contribution is 5.35. The third kappa shape index (κ3) is 2.55. The van der Waals surface area contributed by atoms with Crippen molar-refractivity contribution in [3.05, 3.63) is 47.5 Å². The zero-order valence-corrected chi connectivity index (χ0v) is 10.3. The van der Waals surface area contributed by atoms with Crippen molar-refractivity contribution in [2.24, 2.45) is 5.92 Å². The molecular weight excluding hydrogens is 192 g/mol. The summed E-state index contributed by atoms with van der Waals surface area (Å²) in [6.07, 6.45) is 9.69. The van der Waals surface area contributed by atoms with Crippen molar-refractivity contribution < 1.29 is 0 Å². The van der Waals surface area contributed by atoms with E-state index in [1.165, 1.54) is 37.7 Å². The van der Waals surface area contributed by atoms with Gasteiger partial charge >= 0.3 is 0 Å². The van der Waals surface area contributed by atoms with E-state index in [4.69, 9.17) is 0 Å². The average Bonchev–Trinajstić information content (AvgIpc) is 2.30. The molecule has 0 fully saturated rings. The van der Waals surface area contributed by atoms with Crippen molar-refractivity contribution in [3.8, 4) is 0 Å². The quantitative estimate of drug-likeness (QED) is 0.655. The number of fused-ring (bicyclic) bond motifs is 1. The minimum atomic E-state index is 0.933. The first kappa shape index (κ1) is 11.4. The molecule has 16 heavy (non-hydrogen) atoms. The molecule has 0 bridgehead atoms. The first-order valence-corrected chi connectivity index (χ1v) is 6.55. The predicted molar refractivity (Wildman–Crippen MR) is 70.8 cm³/mol. The van der Waals surface area contributed by atoms with Gasteiger partial charge in [-0.15, -0.1) is 6.58 Å². The molecule has 86 valence electrons. The number of hydrogen-bond acceptors (Lipinski definition) is 0. The number of aryl methyl sites for hydroxylation is 1. The summed E-state index contributed by atoms with van der Waals surface area (Å²) in [4.78, 5) is 0. The number of allylic oxidation sites excluding steroid dienone is 1. The maximum atomic E-state index is 3.80. The Balaban J connectivity index is 2.12. The van der Waals surface area contributed by atoms with Crippen molar-refractivity contribution in [2.45, 2.75) is 45.4 Å². The minimum Gasteiger partial charge on any atom is -0.103 e. The zero-order chi connectivity index (χ0) is 11.4. The van der Waals surface area contributed by atoms with Crippen molar-refractivity contribution in [1.82, 2.24) is 0 Å². The van der Waals surface area contributed by atoms with Gasteiger partial charge in [0.15, 0.2) is 0 Å². The Morgan fingerprint density at radius 2 is 2.25 bits per heavy atom. The SMILES string of the molecule is C=CCc1ccc2c(c1)CCC(CCC)C2. The van der Waals surface area contributed by atoms with Gasteiger partial charge in [0.1, 0.15) is 0 Å². The summed E-state index contributed by atoms with van der Waals surface area (Å²) in [5.74, 6) is 0.933. The van der Waals surface area contributed by atoms with Gasteiger partial charge < -0.3 is 0 Å². The molecule has 0 heterocycles. The molecule has 0 amide bonds. The second-order valence-corrected chi connectivity index (χ2v) is 4.99. The molecule has 1 aromatic rings. The Morgan fingerprint density at radius 1 is 1.38 bits per heavy atom. The fourth-order valence-corrected chi connectivity index (χ4v) is 2.83. The smallest absolute Gasteiger partial charge is 0.0100 e. The van der Waals surface area contributed by atoms with Crippen LogP contribution in [0.15, 0.2) is 30.9 Å². The van der Waals surface area contributed by atoms with Crippen LogP contribution in [0.25, 0.3) is 0 Å². The van der Waals surface area contributed by atoms with E-state index in [1.807, 2.05) is 6.08 Å². The second kappa shape index (κ2) is 5.34. The van der Waals surface area contributed by atoms with Crippen LogP contribution in [-0.4, -0.2) is 0 Å². The van der Waals surface area contributed by atoms with E-state index >= 15 is 0 Å². The highest BCUT2D eigenvalue weighted by atomic mass is 14.2. The summed E-state index contributed by atoms with van der Waals surface area (Å²) in [5.41, 5.74) is 4.60. The lowest BCUT2D eigenvalue weighted by molar-refractivity contribution is 0.422. The van der Waals surface area contributed by atoms with E-state index in [9.17, 15) is 0 Å². The molecule has 2 rings (SSSR count). The van der Waals surface area contributed by atoms with Gasteiger partial charge in [-0.05, 0) is 48.3 Å². The summed E-state index contributed by atoms with van der Waals surface area (Å²) in [5, 5.41) is 0. The van der Waals surface area contributed by atoms with Crippen molar-refractivity contribution in [1.29, 1.82) is 0 Å². The summed E-state index contributed by atoms with van der Waals surface area (Å²) < 4.78 is 0. The molecule has 1 atom stereocenters. The zero-order valence-electron chi connectivity index (χ0n) is 10.3. The van der Waals surface area contributed by atoms with E-state index in [-0.39, 0.29) is 0 Å². The van der Waals surface area contributed by atoms with Crippen LogP contribution in [0.3, 0.4) is 0 Å². The van der Waals surface area contributed by atoms with E-state index in [0.717, 1.165) is 12.3 Å². The van der Waals surface area contributed by atoms with Crippen LogP contribution < -0.4 is 0 Å². The average molecular weight is 214 g/mol. The molecule has 1 aromatic carbocycles. The van der Waals surface area contributed by atoms with E-state index in [0.29, 0.717) is 0 Å². The number of hydrogen-bond donors (Lipinski definition) is 0. The molecule has 1 unspecified atom stereocenters. The van der Waals surface area contributed by atoms with E-state index < -0.39 is 0 Å². The third-order valence-corrected chi connectivity index (χ3v) is 3.68. The standard InChI is InChI=1S/C16H22/c1-3-5-13-7-9-16-12-14(6-4-2)8-10-15(16)11-13/h3,7,9,11,14H,1,4-6,8,10,12H2,2H3. The molecule has 0 aliphatic heterocycles. The Morgan fingerprint density at radius 3 is 3.00 bits per heavy atom.